The third kappa shape index (κ3) is 1.33. The van der Waals surface area contributed by atoms with Gasteiger partial charge >= 0.3 is 0 Å². The number of hydrogen-bond donors (Lipinski definition) is 1. The first-order chi connectivity index (χ1) is 7.33. The fourth-order valence-electron chi connectivity index (χ4n) is 3.50. The average molecular weight is 205 g/mol. The second kappa shape index (κ2) is 3.34. The molecule has 0 aliphatic heterocycles. The lowest BCUT2D eigenvalue weighted by molar-refractivity contribution is 0.465. The summed E-state index contributed by atoms with van der Waals surface area (Å²) in [4.78, 5) is 0. The second-order valence-electron chi connectivity index (χ2n) is 4.93. The quantitative estimate of drug-likeness (QED) is 0.819. The van der Waals surface area contributed by atoms with Crippen LogP contribution in [0.25, 0.3) is 0 Å². The molecule has 2 fully saturated rings. The van der Waals surface area contributed by atoms with Gasteiger partial charge in [-0.3, -0.25) is 4.68 Å². The summed E-state index contributed by atoms with van der Waals surface area (Å²) in [6.45, 7) is 3.05. The highest BCUT2D eigenvalue weighted by Gasteiger charge is 2.55. The minimum absolute atomic E-state index is 0.225. The van der Waals surface area contributed by atoms with Crippen LogP contribution in [0.4, 0.5) is 0 Å². The molecule has 2 saturated carbocycles. The van der Waals surface area contributed by atoms with E-state index in [1.54, 1.807) is 0 Å². The zero-order valence-electron chi connectivity index (χ0n) is 9.26. The van der Waals surface area contributed by atoms with Crippen molar-refractivity contribution in [3.8, 4) is 0 Å². The molecule has 2 aliphatic carbocycles. The van der Waals surface area contributed by atoms with Gasteiger partial charge in [0.05, 0.1) is 11.7 Å². The molecule has 0 bridgehead atoms. The minimum atomic E-state index is 0.225. The van der Waals surface area contributed by atoms with E-state index in [9.17, 15) is 0 Å². The van der Waals surface area contributed by atoms with Gasteiger partial charge in [-0.05, 0) is 43.6 Å². The van der Waals surface area contributed by atoms with Gasteiger partial charge in [0.1, 0.15) is 0 Å². The number of aryl methyl sites for hydroxylation is 1. The number of aromatic nitrogens is 2. The Kier molecular flexibility index (Phi) is 2.09. The maximum atomic E-state index is 6.35. The first-order valence-corrected chi connectivity index (χ1v) is 6.10. The molecule has 3 unspecified atom stereocenters. The molecule has 1 aromatic heterocycles. The lowest BCUT2D eigenvalue weighted by atomic mass is 10.0. The Morgan fingerprint density at radius 3 is 2.93 bits per heavy atom. The lowest BCUT2D eigenvalue weighted by Gasteiger charge is -2.15. The van der Waals surface area contributed by atoms with E-state index >= 15 is 0 Å². The largest absolute Gasteiger partial charge is 0.322 e. The molecule has 3 atom stereocenters. The second-order valence-corrected chi connectivity index (χ2v) is 4.93. The summed E-state index contributed by atoms with van der Waals surface area (Å²) in [5.41, 5.74) is 7.58. The van der Waals surface area contributed by atoms with Crippen molar-refractivity contribution in [1.82, 2.24) is 9.78 Å². The van der Waals surface area contributed by atoms with Gasteiger partial charge in [0, 0.05) is 12.7 Å². The van der Waals surface area contributed by atoms with Gasteiger partial charge in [0.15, 0.2) is 0 Å². The third-order valence-electron chi connectivity index (χ3n) is 4.28. The molecule has 3 rings (SSSR count). The van der Waals surface area contributed by atoms with Gasteiger partial charge in [0.25, 0.3) is 0 Å². The topological polar surface area (TPSA) is 43.8 Å². The van der Waals surface area contributed by atoms with Crippen LogP contribution in [0.3, 0.4) is 0 Å². The van der Waals surface area contributed by atoms with E-state index in [1.807, 2.05) is 10.9 Å². The van der Waals surface area contributed by atoms with E-state index in [4.69, 9.17) is 5.73 Å². The average Bonchev–Trinajstić information content (AvgIpc) is 2.72. The molecule has 1 heterocycles. The maximum absolute atomic E-state index is 6.35. The van der Waals surface area contributed by atoms with Crippen molar-refractivity contribution in [3.05, 3.63) is 18.0 Å². The van der Waals surface area contributed by atoms with Crippen LogP contribution in [-0.4, -0.2) is 9.78 Å². The monoisotopic (exact) mass is 205 g/mol. The molecule has 0 amide bonds. The summed E-state index contributed by atoms with van der Waals surface area (Å²) >= 11 is 0. The van der Waals surface area contributed by atoms with Crippen LogP contribution in [0.5, 0.6) is 0 Å². The highest BCUT2D eigenvalue weighted by Crippen LogP contribution is 2.61. The molecule has 2 aliphatic rings. The van der Waals surface area contributed by atoms with Gasteiger partial charge in [0.2, 0.25) is 0 Å². The predicted molar refractivity (Wildman–Crippen MR) is 59.2 cm³/mol. The van der Waals surface area contributed by atoms with Gasteiger partial charge in [-0.15, -0.1) is 0 Å². The molecule has 3 heteroatoms. The molecule has 1 aromatic rings. The Labute approximate surface area is 90.7 Å². The van der Waals surface area contributed by atoms with Crippen LogP contribution < -0.4 is 5.73 Å². The molecule has 2 N–H and O–H groups in total. The molecular formula is C12H19N3. The van der Waals surface area contributed by atoms with Gasteiger partial charge in [-0.1, -0.05) is 6.42 Å². The summed E-state index contributed by atoms with van der Waals surface area (Å²) in [5, 5.41) is 4.30. The number of hydrogen-bond acceptors (Lipinski definition) is 2. The molecule has 0 radical (unpaired) electrons. The fourth-order valence-corrected chi connectivity index (χ4v) is 3.50. The molecule has 82 valence electrons. The zero-order chi connectivity index (χ0) is 10.4. The van der Waals surface area contributed by atoms with Crippen molar-refractivity contribution in [3.63, 3.8) is 0 Å². The summed E-state index contributed by atoms with van der Waals surface area (Å²) in [5.74, 6) is 2.61. The number of nitrogens with zero attached hydrogens (tertiary/aromatic N) is 2. The van der Waals surface area contributed by atoms with Crippen LogP contribution in [0.2, 0.25) is 0 Å². The molecule has 15 heavy (non-hydrogen) atoms. The van der Waals surface area contributed by atoms with Crippen LogP contribution in [-0.2, 0) is 6.54 Å². The Hall–Kier alpha value is -0.830. The van der Waals surface area contributed by atoms with Crippen LogP contribution in [0.15, 0.2) is 12.3 Å². The standard InChI is InChI=1S/C12H19N3/c1-2-15-10(6-7-14-15)12(13)11-8-4-3-5-9(8)11/h6-9,11-12H,2-5,13H2,1H3. The van der Waals surface area contributed by atoms with Crippen molar-refractivity contribution in [2.45, 2.75) is 38.8 Å². The van der Waals surface area contributed by atoms with E-state index in [0.717, 1.165) is 24.3 Å². The van der Waals surface area contributed by atoms with Crippen molar-refractivity contribution < 1.29 is 0 Å². The first kappa shape index (κ1) is 9.40. The minimum Gasteiger partial charge on any atom is -0.322 e. The van der Waals surface area contributed by atoms with Crippen molar-refractivity contribution in [2.75, 3.05) is 0 Å². The Morgan fingerprint density at radius 1 is 1.53 bits per heavy atom. The summed E-state index contributed by atoms with van der Waals surface area (Å²) in [7, 11) is 0. The Balaban J connectivity index is 1.77. The Morgan fingerprint density at radius 2 is 2.27 bits per heavy atom. The van der Waals surface area contributed by atoms with E-state index < -0.39 is 0 Å². The molecule has 0 aromatic carbocycles. The molecule has 0 saturated heterocycles. The van der Waals surface area contributed by atoms with E-state index in [2.05, 4.69) is 18.1 Å². The highest BCUT2D eigenvalue weighted by atomic mass is 15.3. The SMILES string of the molecule is CCn1nccc1C(N)C1C2CCCC21. The lowest BCUT2D eigenvalue weighted by Crippen LogP contribution is -2.19. The summed E-state index contributed by atoms with van der Waals surface area (Å²) in [6, 6.07) is 2.31. The smallest absolute Gasteiger partial charge is 0.0554 e. The predicted octanol–water partition coefficient (Wildman–Crippen LogP) is 1.95. The summed E-state index contributed by atoms with van der Waals surface area (Å²) < 4.78 is 2.04. The number of rotatable bonds is 3. The van der Waals surface area contributed by atoms with Crippen molar-refractivity contribution >= 4 is 0 Å². The normalized spacial score (nSPS) is 35.2. The van der Waals surface area contributed by atoms with Gasteiger partial charge in [-0.2, -0.15) is 5.10 Å². The van der Waals surface area contributed by atoms with Gasteiger partial charge in [-0.25, -0.2) is 0 Å². The highest BCUT2D eigenvalue weighted by molar-refractivity contribution is 5.16. The van der Waals surface area contributed by atoms with E-state index in [-0.39, 0.29) is 6.04 Å². The molecule has 3 nitrogen and oxygen atoms in total. The number of fused-ring (bicyclic) bond motifs is 1. The number of nitrogens with two attached hydrogens (primary N) is 1. The fraction of sp³-hybridized carbons (Fsp3) is 0.750. The Bertz CT molecular complexity index is 348. The molecular weight excluding hydrogens is 186 g/mol. The first-order valence-electron chi connectivity index (χ1n) is 6.10. The maximum Gasteiger partial charge on any atom is 0.0554 e. The summed E-state index contributed by atoms with van der Waals surface area (Å²) in [6.07, 6.45) is 6.11. The van der Waals surface area contributed by atoms with Gasteiger partial charge < -0.3 is 5.73 Å². The van der Waals surface area contributed by atoms with E-state index in [1.165, 1.54) is 25.0 Å². The van der Waals surface area contributed by atoms with E-state index in [0.29, 0.717) is 0 Å². The van der Waals surface area contributed by atoms with Crippen LogP contribution in [0, 0.1) is 17.8 Å². The van der Waals surface area contributed by atoms with Crippen molar-refractivity contribution in [2.24, 2.45) is 23.5 Å². The molecule has 0 spiro atoms. The van der Waals surface area contributed by atoms with Crippen LogP contribution in [0.1, 0.15) is 37.9 Å². The third-order valence-corrected chi connectivity index (χ3v) is 4.28. The van der Waals surface area contributed by atoms with Crippen molar-refractivity contribution in [1.29, 1.82) is 0 Å². The van der Waals surface area contributed by atoms with Crippen LogP contribution >= 0.6 is 0 Å². The zero-order valence-corrected chi connectivity index (χ0v) is 9.26.